The quantitative estimate of drug-likeness (QED) is 0.548. The van der Waals surface area contributed by atoms with Crippen molar-refractivity contribution in [3.63, 3.8) is 0 Å². The highest BCUT2D eigenvalue weighted by Gasteiger charge is 2.21. The zero-order valence-corrected chi connectivity index (χ0v) is 6.68. The average Bonchev–Trinajstić information content (AvgIpc) is 2.38. The molecule has 0 aromatic heterocycles. The van der Waals surface area contributed by atoms with Crippen LogP contribution >= 0.6 is 0 Å². The first kappa shape index (κ1) is 7.64. The largest absolute Gasteiger partial charge is 0.499 e. The van der Waals surface area contributed by atoms with Gasteiger partial charge in [0.05, 0.1) is 12.4 Å². The van der Waals surface area contributed by atoms with Crippen LogP contribution in [0.2, 0.25) is 0 Å². The molecule has 1 heteroatoms. The molecule has 0 spiro atoms. The van der Waals surface area contributed by atoms with Gasteiger partial charge in [-0.2, -0.15) is 0 Å². The van der Waals surface area contributed by atoms with Crippen molar-refractivity contribution in [1.82, 2.24) is 0 Å². The van der Waals surface area contributed by atoms with E-state index in [4.69, 9.17) is 4.74 Å². The summed E-state index contributed by atoms with van der Waals surface area (Å²) in [7, 11) is 0. The summed E-state index contributed by atoms with van der Waals surface area (Å²) in [6.45, 7) is 5.69. The molecule has 0 heterocycles. The number of hydrogen-bond acceptors (Lipinski definition) is 1. The standard InChI is InChI=1S/C9H16O/c1-3-10-8(2)9-6-4-5-7-9/h3,8-9H,1,4-7H2,2H3. The fourth-order valence-corrected chi connectivity index (χ4v) is 1.69. The van der Waals surface area contributed by atoms with Crippen molar-refractivity contribution in [2.45, 2.75) is 38.7 Å². The van der Waals surface area contributed by atoms with Gasteiger partial charge in [-0.3, -0.25) is 0 Å². The number of ether oxygens (including phenoxy) is 1. The molecule has 0 aromatic carbocycles. The first-order valence-corrected chi connectivity index (χ1v) is 4.11. The van der Waals surface area contributed by atoms with Gasteiger partial charge in [0.15, 0.2) is 0 Å². The maximum Gasteiger partial charge on any atom is 0.0978 e. The topological polar surface area (TPSA) is 9.23 Å². The van der Waals surface area contributed by atoms with E-state index in [0.29, 0.717) is 6.10 Å². The van der Waals surface area contributed by atoms with Gasteiger partial charge in [0, 0.05) is 0 Å². The third-order valence-corrected chi connectivity index (χ3v) is 2.37. The average molecular weight is 140 g/mol. The Hall–Kier alpha value is -0.460. The second-order valence-corrected chi connectivity index (χ2v) is 3.05. The third-order valence-electron chi connectivity index (χ3n) is 2.37. The van der Waals surface area contributed by atoms with Crippen LogP contribution in [0.3, 0.4) is 0 Å². The second kappa shape index (κ2) is 3.65. The van der Waals surface area contributed by atoms with Crippen molar-refractivity contribution in [1.29, 1.82) is 0 Å². The van der Waals surface area contributed by atoms with Crippen LogP contribution in [0.4, 0.5) is 0 Å². The Bertz CT molecular complexity index is 103. The summed E-state index contributed by atoms with van der Waals surface area (Å²) in [6.07, 6.45) is 7.40. The van der Waals surface area contributed by atoms with Gasteiger partial charge >= 0.3 is 0 Å². The zero-order valence-electron chi connectivity index (χ0n) is 6.68. The minimum Gasteiger partial charge on any atom is -0.499 e. The third kappa shape index (κ3) is 1.76. The van der Waals surface area contributed by atoms with Crippen LogP contribution in [0.15, 0.2) is 12.8 Å². The van der Waals surface area contributed by atoms with Gasteiger partial charge in [-0.15, -0.1) is 0 Å². The Balaban J connectivity index is 2.24. The molecular formula is C9H16O. The van der Waals surface area contributed by atoms with Crippen molar-refractivity contribution in [2.75, 3.05) is 0 Å². The smallest absolute Gasteiger partial charge is 0.0978 e. The predicted octanol–water partition coefficient (Wildman–Crippen LogP) is 2.73. The molecule has 1 saturated carbocycles. The molecule has 10 heavy (non-hydrogen) atoms. The van der Waals surface area contributed by atoms with Crippen molar-refractivity contribution < 1.29 is 4.74 Å². The molecule has 1 fully saturated rings. The molecule has 1 aliphatic carbocycles. The lowest BCUT2D eigenvalue weighted by atomic mass is 10.0. The summed E-state index contributed by atoms with van der Waals surface area (Å²) in [6, 6.07) is 0. The molecule has 1 nitrogen and oxygen atoms in total. The number of rotatable bonds is 3. The van der Waals surface area contributed by atoms with Gasteiger partial charge in [0.25, 0.3) is 0 Å². The molecular weight excluding hydrogens is 124 g/mol. The Kier molecular flexibility index (Phi) is 2.79. The molecule has 1 aliphatic rings. The predicted molar refractivity (Wildman–Crippen MR) is 42.7 cm³/mol. The van der Waals surface area contributed by atoms with Gasteiger partial charge in [0.2, 0.25) is 0 Å². The second-order valence-electron chi connectivity index (χ2n) is 3.05. The van der Waals surface area contributed by atoms with Crippen molar-refractivity contribution in [3.05, 3.63) is 12.8 Å². The van der Waals surface area contributed by atoms with Crippen LogP contribution in [0.25, 0.3) is 0 Å². The van der Waals surface area contributed by atoms with Crippen LogP contribution in [-0.2, 0) is 4.74 Å². The first-order valence-electron chi connectivity index (χ1n) is 4.11. The normalized spacial score (nSPS) is 22.5. The highest BCUT2D eigenvalue weighted by atomic mass is 16.5. The fraction of sp³-hybridized carbons (Fsp3) is 0.778. The first-order chi connectivity index (χ1) is 4.84. The molecule has 58 valence electrons. The van der Waals surface area contributed by atoms with Crippen LogP contribution in [0, 0.1) is 5.92 Å². The van der Waals surface area contributed by atoms with Gasteiger partial charge in [-0.25, -0.2) is 0 Å². The van der Waals surface area contributed by atoms with E-state index in [1.54, 1.807) is 6.26 Å². The molecule has 0 bridgehead atoms. The Labute approximate surface area is 63.1 Å². The minimum atomic E-state index is 0.389. The van der Waals surface area contributed by atoms with E-state index in [1.807, 2.05) is 0 Å². The molecule has 1 rings (SSSR count). The van der Waals surface area contributed by atoms with E-state index in [9.17, 15) is 0 Å². The van der Waals surface area contributed by atoms with Gasteiger partial charge in [-0.1, -0.05) is 19.4 Å². The highest BCUT2D eigenvalue weighted by molar-refractivity contribution is 4.74. The summed E-state index contributed by atoms with van der Waals surface area (Å²) in [5, 5.41) is 0. The Morgan fingerprint density at radius 1 is 1.50 bits per heavy atom. The summed E-state index contributed by atoms with van der Waals surface area (Å²) in [5.41, 5.74) is 0. The Morgan fingerprint density at radius 2 is 2.10 bits per heavy atom. The minimum absolute atomic E-state index is 0.389. The van der Waals surface area contributed by atoms with E-state index in [2.05, 4.69) is 13.5 Å². The summed E-state index contributed by atoms with van der Waals surface area (Å²) in [4.78, 5) is 0. The lowest BCUT2D eigenvalue weighted by Crippen LogP contribution is -2.14. The van der Waals surface area contributed by atoms with E-state index in [0.717, 1.165) is 5.92 Å². The maximum absolute atomic E-state index is 5.29. The van der Waals surface area contributed by atoms with Crippen LogP contribution < -0.4 is 0 Å². The van der Waals surface area contributed by atoms with Crippen LogP contribution in [0.5, 0.6) is 0 Å². The lowest BCUT2D eigenvalue weighted by Gasteiger charge is -2.17. The van der Waals surface area contributed by atoms with Gasteiger partial charge in [-0.05, 0) is 25.7 Å². The molecule has 1 unspecified atom stereocenters. The van der Waals surface area contributed by atoms with Crippen molar-refractivity contribution in [2.24, 2.45) is 5.92 Å². The monoisotopic (exact) mass is 140 g/mol. The molecule has 0 N–H and O–H groups in total. The molecule has 1 atom stereocenters. The highest BCUT2D eigenvalue weighted by Crippen LogP contribution is 2.28. The van der Waals surface area contributed by atoms with E-state index in [1.165, 1.54) is 25.7 Å². The summed E-state index contributed by atoms with van der Waals surface area (Å²) < 4.78 is 5.29. The van der Waals surface area contributed by atoms with E-state index < -0.39 is 0 Å². The van der Waals surface area contributed by atoms with E-state index in [-0.39, 0.29) is 0 Å². The molecule has 0 aromatic rings. The van der Waals surface area contributed by atoms with Crippen molar-refractivity contribution in [3.8, 4) is 0 Å². The molecule has 0 amide bonds. The SMILES string of the molecule is C=COC(C)C1CCCC1. The fourth-order valence-electron chi connectivity index (χ4n) is 1.69. The zero-order chi connectivity index (χ0) is 7.40. The summed E-state index contributed by atoms with van der Waals surface area (Å²) >= 11 is 0. The van der Waals surface area contributed by atoms with Gasteiger partial charge in [0.1, 0.15) is 0 Å². The van der Waals surface area contributed by atoms with Crippen LogP contribution in [0.1, 0.15) is 32.6 Å². The van der Waals surface area contributed by atoms with E-state index >= 15 is 0 Å². The maximum atomic E-state index is 5.29. The Morgan fingerprint density at radius 3 is 2.60 bits per heavy atom. The molecule has 0 saturated heterocycles. The lowest BCUT2D eigenvalue weighted by molar-refractivity contribution is 0.105. The van der Waals surface area contributed by atoms with Crippen molar-refractivity contribution >= 4 is 0 Å². The molecule has 0 radical (unpaired) electrons. The van der Waals surface area contributed by atoms with Gasteiger partial charge < -0.3 is 4.74 Å². The number of hydrogen-bond donors (Lipinski definition) is 0. The summed E-state index contributed by atoms with van der Waals surface area (Å²) in [5.74, 6) is 0.790. The molecule has 0 aliphatic heterocycles. The van der Waals surface area contributed by atoms with Crippen LogP contribution in [-0.4, -0.2) is 6.10 Å².